The second kappa shape index (κ2) is 4.48. The second-order valence-electron chi connectivity index (χ2n) is 3.64. The highest BCUT2D eigenvalue weighted by Crippen LogP contribution is 2.45. The van der Waals surface area contributed by atoms with Gasteiger partial charge in [0.05, 0.1) is 37.1 Å². The first-order valence-electron chi connectivity index (χ1n) is 5.18. The van der Waals surface area contributed by atoms with E-state index in [1.54, 1.807) is 13.0 Å². The van der Waals surface area contributed by atoms with Gasteiger partial charge >= 0.3 is 0 Å². The zero-order chi connectivity index (χ0) is 13.3. The molecule has 6 heteroatoms. The molecule has 0 aliphatic heterocycles. The fourth-order valence-electron chi connectivity index (χ4n) is 1.90. The molecule has 18 heavy (non-hydrogen) atoms. The number of rotatable bonds is 3. The van der Waals surface area contributed by atoms with Gasteiger partial charge in [-0.2, -0.15) is 0 Å². The molecule has 0 spiro atoms. The summed E-state index contributed by atoms with van der Waals surface area (Å²) in [5, 5.41) is 22.6. The largest absolute Gasteiger partial charge is 0.506 e. The lowest BCUT2D eigenvalue weighted by atomic mass is 10.0. The van der Waals surface area contributed by atoms with Gasteiger partial charge in [0.15, 0.2) is 11.3 Å². The summed E-state index contributed by atoms with van der Waals surface area (Å²) >= 11 is 0. The van der Waals surface area contributed by atoms with E-state index >= 15 is 0 Å². The smallest absolute Gasteiger partial charge is 0.205 e. The SMILES string of the molecule is COc1c(/C(C)=N/O)c(O)c2ccoc2c1OC. The van der Waals surface area contributed by atoms with Crippen LogP contribution in [0.1, 0.15) is 12.5 Å². The molecule has 0 unspecified atom stereocenters. The minimum absolute atomic E-state index is 0.0771. The Morgan fingerprint density at radius 3 is 2.50 bits per heavy atom. The lowest BCUT2D eigenvalue weighted by Crippen LogP contribution is -2.02. The van der Waals surface area contributed by atoms with Crippen molar-refractivity contribution in [2.24, 2.45) is 5.16 Å². The van der Waals surface area contributed by atoms with Gasteiger partial charge in [0.2, 0.25) is 5.75 Å². The van der Waals surface area contributed by atoms with E-state index in [1.807, 2.05) is 0 Å². The molecule has 0 atom stereocenters. The van der Waals surface area contributed by atoms with Crippen LogP contribution in [0.3, 0.4) is 0 Å². The molecular weight excluding hydrogens is 238 g/mol. The number of benzene rings is 1. The summed E-state index contributed by atoms with van der Waals surface area (Å²) in [6, 6.07) is 1.60. The van der Waals surface area contributed by atoms with Crippen molar-refractivity contribution in [2.45, 2.75) is 6.92 Å². The van der Waals surface area contributed by atoms with Crippen molar-refractivity contribution in [2.75, 3.05) is 14.2 Å². The molecule has 0 radical (unpaired) electrons. The van der Waals surface area contributed by atoms with Gasteiger partial charge in [0.1, 0.15) is 5.75 Å². The number of oxime groups is 1. The van der Waals surface area contributed by atoms with E-state index in [0.717, 1.165) is 0 Å². The number of nitrogens with zero attached hydrogens (tertiary/aromatic N) is 1. The summed E-state index contributed by atoms with van der Waals surface area (Å²) in [5.41, 5.74) is 0.859. The lowest BCUT2D eigenvalue weighted by molar-refractivity contribution is 0.317. The van der Waals surface area contributed by atoms with E-state index in [1.165, 1.54) is 20.5 Å². The molecule has 1 heterocycles. The second-order valence-corrected chi connectivity index (χ2v) is 3.64. The summed E-state index contributed by atoms with van der Waals surface area (Å²) in [5.74, 6) is 0.521. The molecule has 1 aromatic heterocycles. The summed E-state index contributed by atoms with van der Waals surface area (Å²) < 4.78 is 15.7. The molecule has 0 saturated heterocycles. The van der Waals surface area contributed by atoms with Crippen LogP contribution in [0.5, 0.6) is 17.2 Å². The van der Waals surface area contributed by atoms with Crippen LogP contribution < -0.4 is 9.47 Å². The van der Waals surface area contributed by atoms with Crippen LogP contribution >= 0.6 is 0 Å². The third-order valence-corrected chi connectivity index (χ3v) is 2.72. The van der Waals surface area contributed by atoms with Crippen LogP contribution in [0.2, 0.25) is 0 Å². The fraction of sp³-hybridized carbons (Fsp3) is 0.250. The third kappa shape index (κ3) is 1.54. The Labute approximate surface area is 103 Å². The number of phenolic OH excluding ortho intramolecular Hbond substituents is 1. The molecule has 0 aliphatic carbocycles. The highest BCUT2D eigenvalue weighted by molar-refractivity contribution is 6.10. The first kappa shape index (κ1) is 12.1. The first-order valence-corrected chi connectivity index (χ1v) is 5.18. The molecule has 0 fully saturated rings. The molecule has 2 aromatic rings. The van der Waals surface area contributed by atoms with Crippen molar-refractivity contribution in [3.8, 4) is 17.2 Å². The Kier molecular flexibility index (Phi) is 3.01. The third-order valence-electron chi connectivity index (χ3n) is 2.72. The van der Waals surface area contributed by atoms with Crippen molar-refractivity contribution < 1.29 is 24.2 Å². The zero-order valence-corrected chi connectivity index (χ0v) is 10.2. The number of aromatic hydroxyl groups is 1. The monoisotopic (exact) mass is 251 g/mol. The molecule has 2 N–H and O–H groups in total. The van der Waals surface area contributed by atoms with Gasteiger partial charge in [-0.05, 0) is 13.0 Å². The van der Waals surface area contributed by atoms with Crippen LogP contribution in [-0.2, 0) is 0 Å². The Balaban J connectivity index is 2.95. The van der Waals surface area contributed by atoms with E-state index in [9.17, 15) is 5.11 Å². The van der Waals surface area contributed by atoms with Gasteiger partial charge in [-0.15, -0.1) is 0 Å². The van der Waals surface area contributed by atoms with Crippen LogP contribution in [0.15, 0.2) is 21.9 Å². The van der Waals surface area contributed by atoms with Crippen LogP contribution in [0.4, 0.5) is 0 Å². The van der Waals surface area contributed by atoms with Crippen LogP contribution in [0.25, 0.3) is 11.0 Å². The number of furan rings is 1. The van der Waals surface area contributed by atoms with Crippen molar-refractivity contribution in [3.63, 3.8) is 0 Å². The van der Waals surface area contributed by atoms with Gasteiger partial charge in [-0.25, -0.2) is 0 Å². The average Bonchev–Trinajstić information content (AvgIpc) is 2.87. The van der Waals surface area contributed by atoms with E-state index in [0.29, 0.717) is 16.7 Å². The fourth-order valence-corrected chi connectivity index (χ4v) is 1.90. The van der Waals surface area contributed by atoms with Crippen molar-refractivity contribution in [1.29, 1.82) is 0 Å². The van der Waals surface area contributed by atoms with Gasteiger partial charge < -0.3 is 24.2 Å². The van der Waals surface area contributed by atoms with Gasteiger partial charge in [0, 0.05) is 0 Å². The standard InChI is InChI=1S/C12H13NO5/c1-6(13-15)8-9(14)7-4-5-18-10(7)12(17-3)11(8)16-2/h4-5,14-15H,1-3H3/b13-6+. The predicted molar refractivity (Wildman–Crippen MR) is 65.0 cm³/mol. The molecular formula is C12H13NO5. The molecule has 0 aliphatic rings. The Bertz CT molecular complexity index is 614. The predicted octanol–water partition coefficient (Wildman–Crippen LogP) is 2.35. The van der Waals surface area contributed by atoms with Gasteiger partial charge in [-0.1, -0.05) is 5.16 Å². The Morgan fingerprint density at radius 1 is 1.28 bits per heavy atom. The number of ether oxygens (including phenoxy) is 2. The number of fused-ring (bicyclic) bond motifs is 1. The summed E-state index contributed by atoms with van der Waals surface area (Å²) in [6.45, 7) is 1.54. The molecule has 0 saturated carbocycles. The highest BCUT2D eigenvalue weighted by atomic mass is 16.5. The van der Waals surface area contributed by atoms with Gasteiger partial charge in [0.25, 0.3) is 0 Å². The van der Waals surface area contributed by atoms with E-state index in [2.05, 4.69) is 5.16 Å². The Morgan fingerprint density at radius 2 is 1.94 bits per heavy atom. The Hall–Kier alpha value is -2.37. The lowest BCUT2D eigenvalue weighted by Gasteiger charge is -2.14. The summed E-state index contributed by atoms with van der Waals surface area (Å²) in [7, 11) is 2.90. The molecule has 6 nitrogen and oxygen atoms in total. The van der Waals surface area contributed by atoms with Crippen LogP contribution in [-0.4, -0.2) is 30.2 Å². The van der Waals surface area contributed by atoms with Crippen molar-refractivity contribution in [1.82, 2.24) is 0 Å². The highest BCUT2D eigenvalue weighted by Gasteiger charge is 2.24. The maximum Gasteiger partial charge on any atom is 0.205 e. The molecule has 0 bridgehead atoms. The summed E-state index contributed by atoms with van der Waals surface area (Å²) in [4.78, 5) is 0. The topological polar surface area (TPSA) is 84.4 Å². The summed E-state index contributed by atoms with van der Waals surface area (Å²) in [6.07, 6.45) is 1.43. The maximum atomic E-state index is 10.2. The number of phenols is 1. The number of methoxy groups -OCH3 is 2. The normalized spacial score (nSPS) is 11.8. The number of hydrogen-bond acceptors (Lipinski definition) is 6. The minimum atomic E-state index is -0.0771. The van der Waals surface area contributed by atoms with E-state index in [4.69, 9.17) is 19.1 Å². The number of hydrogen-bond donors (Lipinski definition) is 2. The van der Waals surface area contributed by atoms with Crippen molar-refractivity contribution >= 4 is 16.7 Å². The minimum Gasteiger partial charge on any atom is -0.506 e. The van der Waals surface area contributed by atoms with Gasteiger partial charge in [-0.3, -0.25) is 0 Å². The quantitative estimate of drug-likeness (QED) is 0.497. The first-order chi connectivity index (χ1) is 8.65. The molecule has 2 rings (SSSR count). The maximum absolute atomic E-state index is 10.2. The molecule has 0 amide bonds. The van der Waals surface area contributed by atoms with Crippen molar-refractivity contribution in [3.05, 3.63) is 17.9 Å². The van der Waals surface area contributed by atoms with E-state index < -0.39 is 0 Å². The molecule has 1 aromatic carbocycles. The molecule has 96 valence electrons. The van der Waals surface area contributed by atoms with E-state index in [-0.39, 0.29) is 22.8 Å². The average molecular weight is 251 g/mol. The van der Waals surface area contributed by atoms with Crippen LogP contribution in [0, 0.1) is 0 Å². The zero-order valence-electron chi connectivity index (χ0n) is 10.2.